The fourth-order valence-electron chi connectivity index (χ4n) is 1.61. The van der Waals surface area contributed by atoms with Gasteiger partial charge in [-0.25, -0.2) is 4.39 Å². The fraction of sp³-hybridized carbons (Fsp3) is 0.0714. The van der Waals surface area contributed by atoms with Gasteiger partial charge in [0.2, 0.25) is 0 Å². The summed E-state index contributed by atoms with van der Waals surface area (Å²) in [6.45, 7) is 0. The van der Waals surface area contributed by atoms with Gasteiger partial charge in [0.25, 0.3) is 5.91 Å². The number of anilines is 1. The van der Waals surface area contributed by atoms with Crippen molar-refractivity contribution in [3.8, 4) is 0 Å². The molecule has 1 amide bonds. The molecule has 0 atom stereocenters. The molecule has 0 aliphatic rings. The number of amides is 1. The van der Waals surface area contributed by atoms with Crippen molar-refractivity contribution in [2.45, 2.75) is 6.18 Å². The van der Waals surface area contributed by atoms with Crippen LogP contribution in [0.5, 0.6) is 0 Å². The first-order chi connectivity index (χ1) is 9.77. The van der Waals surface area contributed by atoms with E-state index in [1.807, 2.05) is 0 Å². The van der Waals surface area contributed by atoms with Gasteiger partial charge in [-0.2, -0.15) is 13.2 Å². The Kier molecular flexibility index (Phi) is 4.32. The van der Waals surface area contributed by atoms with Crippen LogP contribution >= 0.6 is 15.9 Å². The van der Waals surface area contributed by atoms with Crippen LogP contribution in [0.4, 0.5) is 23.2 Å². The Morgan fingerprint density at radius 2 is 1.67 bits per heavy atom. The maximum atomic E-state index is 13.5. The van der Waals surface area contributed by atoms with E-state index in [0.29, 0.717) is 4.47 Å². The molecule has 7 heteroatoms. The molecule has 0 spiro atoms. The summed E-state index contributed by atoms with van der Waals surface area (Å²) in [7, 11) is 0. The van der Waals surface area contributed by atoms with Gasteiger partial charge in [-0.05, 0) is 42.5 Å². The van der Waals surface area contributed by atoms with Gasteiger partial charge in [0.05, 0.1) is 11.1 Å². The Hall–Kier alpha value is -1.89. The highest BCUT2D eigenvalue weighted by Crippen LogP contribution is 2.30. The van der Waals surface area contributed by atoms with Crippen LogP contribution in [0.25, 0.3) is 0 Å². The summed E-state index contributed by atoms with van der Waals surface area (Å²) in [5.41, 5.74) is -0.884. The molecule has 0 saturated carbocycles. The second-order valence-electron chi connectivity index (χ2n) is 4.15. The number of alkyl halides is 3. The predicted molar refractivity (Wildman–Crippen MR) is 73.5 cm³/mol. The van der Waals surface area contributed by atoms with Crippen molar-refractivity contribution in [3.63, 3.8) is 0 Å². The smallest absolute Gasteiger partial charge is 0.322 e. The summed E-state index contributed by atoms with van der Waals surface area (Å²) in [5.74, 6) is -1.46. The average molecular weight is 362 g/mol. The molecule has 110 valence electrons. The van der Waals surface area contributed by atoms with Crippen LogP contribution in [0.3, 0.4) is 0 Å². The monoisotopic (exact) mass is 361 g/mol. The molecule has 2 nitrogen and oxygen atoms in total. The third-order valence-electron chi connectivity index (χ3n) is 2.64. The topological polar surface area (TPSA) is 29.1 Å². The average Bonchev–Trinajstić information content (AvgIpc) is 2.41. The number of nitrogens with one attached hydrogen (secondary N) is 1. The number of hydrogen-bond donors (Lipinski definition) is 1. The van der Waals surface area contributed by atoms with Crippen LogP contribution in [0.15, 0.2) is 46.9 Å². The van der Waals surface area contributed by atoms with Crippen LogP contribution in [-0.4, -0.2) is 5.91 Å². The van der Waals surface area contributed by atoms with Crippen molar-refractivity contribution in [2.75, 3.05) is 5.32 Å². The van der Waals surface area contributed by atoms with Gasteiger partial charge in [0, 0.05) is 10.2 Å². The predicted octanol–water partition coefficient (Wildman–Crippen LogP) is 4.86. The van der Waals surface area contributed by atoms with Crippen LogP contribution in [-0.2, 0) is 6.18 Å². The highest BCUT2D eigenvalue weighted by Gasteiger charge is 2.30. The minimum Gasteiger partial charge on any atom is -0.322 e. The van der Waals surface area contributed by atoms with E-state index in [9.17, 15) is 22.4 Å². The van der Waals surface area contributed by atoms with Gasteiger partial charge in [0.15, 0.2) is 0 Å². The number of halogens is 5. The van der Waals surface area contributed by atoms with Crippen LogP contribution in [0.1, 0.15) is 15.9 Å². The van der Waals surface area contributed by atoms with E-state index in [2.05, 4.69) is 21.2 Å². The standard InChI is InChI=1S/C14H8BrF4NO/c15-9-3-6-12(16)11(7-9)13(21)20-10-4-1-8(2-5-10)14(17,18)19/h1-7H,(H,20,21). The number of carbonyl (C=O) groups is 1. The Morgan fingerprint density at radius 3 is 2.24 bits per heavy atom. The normalized spacial score (nSPS) is 11.3. The lowest BCUT2D eigenvalue weighted by molar-refractivity contribution is -0.137. The molecule has 0 saturated heterocycles. The molecular weight excluding hydrogens is 354 g/mol. The molecule has 1 N–H and O–H groups in total. The zero-order valence-corrected chi connectivity index (χ0v) is 11.9. The summed E-state index contributed by atoms with van der Waals surface area (Å²) in [4.78, 5) is 11.9. The maximum Gasteiger partial charge on any atom is 0.416 e. The molecule has 0 fully saturated rings. The van der Waals surface area contributed by atoms with Crippen molar-refractivity contribution in [3.05, 3.63) is 63.9 Å². The third kappa shape index (κ3) is 3.81. The Balaban J connectivity index is 2.18. The summed E-state index contributed by atoms with van der Waals surface area (Å²) < 4.78 is 51.2. The Bertz CT molecular complexity index is 668. The van der Waals surface area contributed by atoms with Gasteiger partial charge in [-0.3, -0.25) is 4.79 Å². The van der Waals surface area contributed by atoms with E-state index in [-0.39, 0.29) is 11.3 Å². The molecule has 0 aliphatic carbocycles. The molecular formula is C14H8BrF4NO. The molecule has 2 aromatic rings. The molecule has 2 rings (SSSR count). The van der Waals surface area contributed by atoms with E-state index in [4.69, 9.17) is 0 Å². The molecule has 0 radical (unpaired) electrons. The molecule has 21 heavy (non-hydrogen) atoms. The first-order valence-corrected chi connectivity index (χ1v) is 6.50. The van der Waals surface area contributed by atoms with E-state index in [1.165, 1.54) is 12.1 Å². The molecule has 0 aliphatic heterocycles. The van der Waals surface area contributed by atoms with E-state index in [1.54, 1.807) is 0 Å². The first kappa shape index (κ1) is 15.5. The zero-order chi connectivity index (χ0) is 15.6. The fourth-order valence-corrected chi connectivity index (χ4v) is 1.97. The maximum absolute atomic E-state index is 13.5. The van der Waals surface area contributed by atoms with E-state index >= 15 is 0 Å². The van der Waals surface area contributed by atoms with Gasteiger partial charge < -0.3 is 5.32 Å². The number of carbonyl (C=O) groups excluding carboxylic acids is 1. The van der Waals surface area contributed by atoms with E-state index < -0.39 is 23.5 Å². The van der Waals surface area contributed by atoms with E-state index in [0.717, 1.165) is 30.3 Å². The quantitative estimate of drug-likeness (QED) is 0.760. The summed E-state index contributed by atoms with van der Waals surface area (Å²) in [6, 6.07) is 7.73. The minimum absolute atomic E-state index is 0.146. The second-order valence-corrected chi connectivity index (χ2v) is 5.07. The molecule has 0 bridgehead atoms. The van der Waals surface area contributed by atoms with Crippen molar-refractivity contribution in [1.29, 1.82) is 0 Å². The number of benzene rings is 2. The molecule has 0 aromatic heterocycles. The molecule has 0 heterocycles. The lowest BCUT2D eigenvalue weighted by Crippen LogP contribution is -2.14. The summed E-state index contributed by atoms with van der Waals surface area (Å²) in [6.07, 6.45) is -4.45. The third-order valence-corrected chi connectivity index (χ3v) is 3.14. The van der Waals surface area contributed by atoms with Crippen molar-refractivity contribution in [1.82, 2.24) is 0 Å². The van der Waals surface area contributed by atoms with Crippen molar-refractivity contribution >= 4 is 27.5 Å². The van der Waals surface area contributed by atoms with Crippen molar-refractivity contribution < 1.29 is 22.4 Å². The highest BCUT2D eigenvalue weighted by atomic mass is 79.9. The number of rotatable bonds is 2. The molecule has 2 aromatic carbocycles. The van der Waals surface area contributed by atoms with Gasteiger partial charge in [-0.15, -0.1) is 0 Å². The molecule has 0 unspecified atom stereocenters. The first-order valence-electron chi connectivity index (χ1n) is 5.71. The Morgan fingerprint density at radius 1 is 1.05 bits per heavy atom. The lowest BCUT2D eigenvalue weighted by Gasteiger charge is -2.09. The highest BCUT2D eigenvalue weighted by molar-refractivity contribution is 9.10. The Labute approximate surface area is 125 Å². The van der Waals surface area contributed by atoms with Crippen LogP contribution in [0.2, 0.25) is 0 Å². The van der Waals surface area contributed by atoms with Gasteiger partial charge in [0.1, 0.15) is 5.82 Å². The minimum atomic E-state index is -4.45. The van der Waals surface area contributed by atoms with Crippen LogP contribution < -0.4 is 5.32 Å². The number of hydrogen-bond acceptors (Lipinski definition) is 1. The second kappa shape index (κ2) is 5.85. The SMILES string of the molecule is O=C(Nc1ccc(C(F)(F)F)cc1)c1cc(Br)ccc1F. The zero-order valence-electron chi connectivity index (χ0n) is 10.3. The lowest BCUT2D eigenvalue weighted by atomic mass is 10.1. The van der Waals surface area contributed by atoms with Crippen molar-refractivity contribution in [2.24, 2.45) is 0 Å². The van der Waals surface area contributed by atoms with Gasteiger partial charge in [-0.1, -0.05) is 15.9 Å². The largest absolute Gasteiger partial charge is 0.416 e. The van der Waals surface area contributed by atoms with Crippen LogP contribution in [0, 0.1) is 5.82 Å². The summed E-state index contributed by atoms with van der Waals surface area (Å²) in [5, 5.41) is 2.34. The van der Waals surface area contributed by atoms with Gasteiger partial charge >= 0.3 is 6.18 Å². The summed E-state index contributed by atoms with van der Waals surface area (Å²) >= 11 is 3.11.